The number of amides is 2. The minimum Gasteiger partial charge on any atom is -0.497 e. The third-order valence-corrected chi connectivity index (χ3v) is 6.73. The summed E-state index contributed by atoms with van der Waals surface area (Å²) in [5.74, 6) is 1.52. The summed E-state index contributed by atoms with van der Waals surface area (Å²) in [6.07, 6.45) is 6.69. The SMILES string of the molecule is COc1ccc(C(C(=O)NC2CCCCC2)N(Cc2ccc3c(c2)OCO3)C(=O)c2ccco2)cc1. The number of nitrogens with zero attached hydrogens (tertiary/aromatic N) is 1. The lowest BCUT2D eigenvalue weighted by molar-refractivity contribution is -0.127. The molecule has 0 saturated heterocycles. The molecule has 1 aliphatic carbocycles. The van der Waals surface area contributed by atoms with Crippen LogP contribution in [0.1, 0.15) is 59.8 Å². The van der Waals surface area contributed by atoms with E-state index in [0.29, 0.717) is 22.8 Å². The average molecular weight is 491 g/mol. The maximum Gasteiger partial charge on any atom is 0.290 e. The monoisotopic (exact) mass is 490 g/mol. The van der Waals surface area contributed by atoms with Crippen LogP contribution in [0, 0.1) is 0 Å². The fraction of sp³-hybridized carbons (Fsp3) is 0.357. The number of furan rings is 1. The fourth-order valence-electron chi connectivity index (χ4n) is 4.84. The third-order valence-electron chi connectivity index (χ3n) is 6.73. The van der Waals surface area contributed by atoms with Crippen molar-refractivity contribution in [1.29, 1.82) is 0 Å². The molecule has 1 aromatic heterocycles. The number of benzene rings is 2. The predicted molar refractivity (Wildman–Crippen MR) is 132 cm³/mol. The Labute approximate surface area is 210 Å². The van der Waals surface area contributed by atoms with Crippen LogP contribution in [0.15, 0.2) is 65.3 Å². The van der Waals surface area contributed by atoms with Crippen molar-refractivity contribution in [3.8, 4) is 17.2 Å². The van der Waals surface area contributed by atoms with Gasteiger partial charge in [-0.3, -0.25) is 9.59 Å². The minimum atomic E-state index is -0.874. The van der Waals surface area contributed by atoms with Crippen LogP contribution in [0.5, 0.6) is 17.2 Å². The summed E-state index contributed by atoms with van der Waals surface area (Å²) in [5.41, 5.74) is 1.49. The van der Waals surface area contributed by atoms with Crippen molar-refractivity contribution in [1.82, 2.24) is 10.2 Å². The average Bonchev–Trinajstić information content (AvgIpc) is 3.61. The molecule has 3 aromatic rings. The fourth-order valence-corrected chi connectivity index (χ4v) is 4.84. The molecule has 1 N–H and O–H groups in total. The highest BCUT2D eigenvalue weighted by Gasteiger charge is 2.35. The Kier molecular flexibility index (Phi) is 7.11. The molecule has 1 atom stereocenters. The Morgan fingerprint density at radius 3 is 2.53 bits per heavy atom. The van der Waals surface area contributed by atoms with Crippen LogP contribution in [0.2, 0.25) is 0 Å². The Bertz CT molecular complexity index is 1190. The summed E-state index contributed by atoms with van der Waals surface area (Å²) in [5, 5.41) is 3.21. The Morgan fingerprint density at radius 1 is 1.03 bits per heavy atom. The number of methoxy groups -OCH3 is 1. The topological polar surface area (TPSA) is 90.2 Å². The highest BCUT2D eigenvalue weighted by Crippen LogP contribution is 2.34. The van der Waals surface area contributed by atoms with Gasteiger partial charge in [-0.1, -0.05) is 37.5 Å². The maximum atomic E-state index is 13.8. The maximum absolute atomic E-state index is 13.8. The Morgan fingerprint density at radius 2 is 1.81 bits per heavy atom. The van der Waals surface area contributed by atoms with Gasteiger partial charge in [0, 0.05) is 12.6 Å². The normalized spacial score (nSPS) is 15.8. The number of hydrogen-bond acceptors (Lipinski definition) is 6. The first-order valence-corrected chi connectivity index (χ1v) is 12.3. The summed E-state index contributed by atoms with van der Waals surface area (Å²) in [7, 11) is 1.59. The second-order valence-corrected chi connectivity index (χ2v) is 9.12. The summed E-state index contributed by atoms with van der Waals surface area (Å²) in [6, 6.07) is 15.3. The molecule has 8 nitrogen and oxygen atoms in total. The van der Waals surface area contributed by atoms with Crippen LogP contribution in [-0.4, -0.2) is 36.7 Å². The molecule has 0 radical (unpaired) electrons. The number of nitrogens with one attached hydrogen (secondary N) is 1. The lowest BCUT2D eigenvalue weighted by Crippen LogP contribution is -2.46. The molecule has 1 aliphatic heterocycles. The summed E-state index contributed by atoms with van der Waals surface area (Å²) in [6.45, 7) is 0.330. The van der Waals surface area contributed by atoms with Crippen LogP contribution in [-0.2, 0) is 11.3 Å². The van der Waals surface area contributed by atoms with Gasteiger partial charge < -0.3 is 28.8 Å². The second kappa shape index (κ2) is 10.8. The van der Waals surface area contributed by atoms with E-state index in [9.17, 15) is 9.59 Å². The van der Waals surface area contributed by atoms with Gasteiger partial charge in [-0.25, -0.2) is 0 Å². The van der Waals surface area contributed by atoms with Crippen molar-refractivity contribution in [2.24, 2.45) is 0 Å². The van der Waals surface area contributed by atoms with E-state index in [-0.39, 0.29) is 37.0 Å². The van der Waals surface area contributed by atoms with Gasteiger partial charge in [0.05, 0.1) is 13.4 Å². The minimum absolute atomic E-state index is 0.0955. The molecule has 36 heavy (non-hydrogen) atoms. The standard InChI is InChI=1S/C28H30N2O6/c1-33-22-12-10-20(11-13-22)26(27(31)29-21-6-3-2-4-7-21)30(28(32)24-8-5-15-34-24)17-19-9-14-23-25(16-19)36-18-35-23/h5,8-16,21,26H,2-4,6-7,17-18H2,1H3,(H,29,31). The first kappa shape index (κ1) is 23.8. The van der Waals surface area contributed by atoms with Gasteiger partial charge in [0.25, 0.3) is 5.91 Å². The molecule has 2 aromatic carbocycles. The molecule has 2 aliphatic rings. The van der Waals surface area contributed by atoms with Crippen molar-refractivity contribution in [3.63, 3.8) is 0 Å². The molecule has 1 unspecified atom stereocenters. The molecule has 5 rings (SSSR count). The number of fused-ring (bicyclic) bond motifs is 1. The lowest BCUT2D eigenvalue weighted by atomic mass is 9.94. The molecule has 0 spiro atoms. The highest BCUT2D eigenvalue weighted by atomic mass is 16.7. The van der Waals surface area contributed by atoms with E-state index in [1.54, 1.807) is 36.3 Å². The van der Waals surface area contributed by atoms with Crippen molar-refractivity contribution in [3.05, 3.63) is 77.7 Å². The first-order valence-electron chi connectivity index (χ1n) is 12.3. The zero-order valence-electron chi connectivity index (χ0n) is 20.3. The van der Waals surface area contributed by atoms with Crippen molar-refractivity contribution in [2.75, 3.05) is 13.9 Å². The van der Waals surface area contributed by atoms with Crippen molar-refractivity contribution >= 4 is 11.8 Å². The molecular formula is C28H30N2O6. The van der Waals surface area contributed by atoms with Crippen LogP contribution < -0.4 is 19.5 Å². The van der Waals surface area contributed by atoms with Gasteiger partial charge in [0.15, 0.2) is 17.3 Å². The largest absolute Gasteiger partial charge is 0.497 e. The molecule has 2 amide bonds. The highest BCUT2D eigenvalue weighted by molar-refractivity contribution is 5.96. The van der Waals surface area contributed by atoms with Gasteiger partial charge in [0.1, 0.15) is 11.8 Å². The molecule has 188 valence electrons. The second-order valence-electron chi connectivity index (χ2n) is 9.12. The summed E-state index contributed by atoms with van der Waals surface area (Å²) < 4.78 is 21.7. The van der Waals surface area contributed by atoms with E-state index < -0.39 is 6.04 Å². The van der Waals surface area contributed by atoms with E-state index in [2.05, 4.69) is 5.32 Å². The number of carbonyl (C=O) groups is 2. The van der Waals surface area contributed by atoms with E-state index in [4.69, 9.17) is 18.6 Å². The van der Waals surface area contributed by atoms with Crippen LogP contribution in [0.3, 0.4) is 0 Å². The molecule has 8 heteroatoms. The van der Waals surface area contributed by atoms with E-state index >= 15 is 0 Å². The smallest absolute Gasteiger partial charge is 0.290 e. The van der Waals surface area contributed by atoms with E-state index in [0.717, 1.165) is 31.2 Å². The van der Waals surface area contributed by atoms with E-state index in [1.165, 1.54) is 12.7 Å². The van der Waals surface area contributed by atoms with Crippen LogP contribution >= 0.6 is 0 Å². The lowest BCUT2D eigenvalue weighted by Gasteiger charge is -2.33. The molecule has 2 heterocycles. The van der Waals surface area contributed by atoms with Gasteiger partial charge in [-0.2, -0.15) is 0 Å². The molecule has 1 saturated carbocycles. The van der Waals surface area contributed by atoms with Gasteiger partial charge >= 0.3 is 0 Å². The van der Waals surface area contributed by atoms with Gasteiger partial charge in [0.2, 0.25) is 12.7 Å². The van der Waals surface area contributed by atoms with Gasteiger partial charge in [-0.15, -0.1) is 0 Å². The summed E-state index contributed by atoms with van der Waals surface area (Å²) in [4.78, 5) is 29.1. The number of ether oxygens (including phenoxy) is 3. The van der Waals surface area contributed by atoms with Crippen LogP contribution in [0.25, 0.3) is 0 Å². The quantitative estimate of drug-likeness (QED) is 0.486. The van der Waals surface area contributed by atoms with Crippen molar-refractivity contribution < 1.29 is 28.2 Å². The Hall–Kier alpha value is -3.94. The molecular weight excluding hydrogens is 460 g/mol. The summed E-state index contributed by atoms with van der Waals surface area (Å²) >= 11 is 0. The van der Waals surface area contributed by atoms with Crippen molar-refractivity contribution in [2.45, 2.75) is 50.7 Å². The Balaban J connectivity index is 1.52. The predicted octanol–water partition coefficient (Wildman–Crippen LogP) is 4.85. The molecule has 1 fully saturated rings. The zero-order valence-corrected chi connectivity index (χ0v) is 20.3. The third kappa shape index (κ3) is 5.17. The van der Waals surface area contributed by atoms with Gasteiger partial charge in [-0.05, 0) is 60.4 Å². The number of carbonyl (C=O) groups excluding carboxylic acids is 2. The van der Waals surface area contributed by atoms with Crippen LogP contribution in [0.4, 0.5) is 0 Å². The molecule has 0 bridgehead atoms. The van der Waals surface area contributed by atoms with E-state index in [1.807, 2.05) is 30.3 Å². The zero-order chi connectivity index (χ0) is 24.9. The number of rotatable bonds is 8. The number of hydrogen-bond donors (Lipinski definition) is 1. The first-order chi connectivity index (χ1) is 17.6.